The highest BCUT2D eigenvalue weighted by molar-refractivity contribution is 5.93. The predicted molar refractivity (Wildman–Crippen MR) is 70.6 cm³/mol. The first-order valence-corrected chi connectivity index (χ1v) is 5.88. The molecular formula is C14H18N2O. The lowest BCUT2D eigenvalue weighted by molar-refractivity contribution is 0.275. The number of benzene rings is 1. The molecule has 90 valence electrons. The summed E-state index contributed by atoms with van der Waals surface area (Å²) < 4.78 is 5.73. The van der Waals surface area contributed by atoms with Crippen molar-refractivity contribution in [1.29, 1.82) is 0 Å². The molecule has 0 spiro atoms. The van der Waals surface area contributed by atoms with Crippen molar-refractivity contribution in [2.45, 2.75) is 19.9 Å². The van der Waals surface area contributed by atoms with E-state index in [9.17, 15) is 0 Å². The largest absolute Gasteiger partial charge is 0.491 e. The monoisotopic (exact) mass is 230 g/mol. The lowest BCUT2D eigenvalue weighted by Gasteiger charge is -2.17. The highest BCUT2D eigenvalue weighted by Crippen LogP contribution is 2.09. The molecule has 3 heteroatoms. The minimum absolute atomic E-state index is 0.240. The van der Waals surface area contributed by atoms with Gasteiger partial charge in [-0.1, -0.05) is 18.2 Å². The fraction of sp³-hybridized carbons (Fsp3) is 0.357. The molecule has 0 saturated heterocycles. The zero-order chi connectivity index (χ0) is 12.1. The van der Waals surface area contributed by atoms with Crippen molar-refractivity contribution in [3.8, 4) is 5.75 Å². The number of para-hydroxylation sites is 1. The Bertz CT molecular complexity index is 423. The van der Waals surface area contributed by atoms with E-state index >= 15 is 0 Å². The number of nitrogens with one attached hydrogen (secondary N) is 1. The summed E-state index contributed by atoms with van der Waals surface area (Å²) in [4.78, 5) is 4.47. The molecule has 0 saturated carbocycles. The molecule has 1 heterocycles. The molecule has 1 aliphatic rings. The summed E-state index contributed by atoms with van der Waals surface area (Å²) in [7, 11) is 0. The SMILES string of the molecule is CC1=CC(C)=NCC(COc2ccccc2)N1. The van der Waals surface area contributed by atoms with E-state index in [-0.39, 0.29) is 6.04 Å². The fourth-order valence-corrected chi connectivity index (χ4v) is 1.83. The summed E-state index contributed by atoms with van der Waals surface area (Å²) in [6, 6.07) is 10.1. The maximum absolute atomic E-state index is 5.73. The molecular weight excluding hydrogens is 212 g/mol. The van der Waals surface area contributed by atoms with Gasteiger partial charge in [0.05, 0.1) is 12.6 Å². The van der Waals surface area contributed by atoms with Crippen LogP contribution in [0.25, 0.3) is 0 Å². The van der Waals surface area contributed by atoms with Crippen LogP contribution < -0.4 is 10.1 Å². The smallest absolute Gasteiger partial charge is 0.119 e. The number of allylic oxidation sites excluding steroid dienone is 2. The fourth-order valence-electron chi connectivity index (χ4n) is 1.83. The molecule has 1 aliphatic heterocycles. The van der Waals surface area contributed by atoms with E-state index in [4.69, 9.17) is 4.74 Å². The molecule has 0 aliphatic carbocycles. The molecule has 17 heavy (non-hydrogen) atoms. The number of rotatable bonds is 3. The van der Waals surface area contributed by atoms with Gasteiger partial charge in [0.2, 0.25) is 0 Å². The van der Waals surface area contributed by atoms with Crippen LogP contribution >= 0.6 is 0 Å². The third-order valence-electron chi connectivity index (χ3n) is 2.61. The van der Waals surface area contributed by atoms with Crippen molar-refractivity contribution in [3.05, 3.63) is 42.1 Å². The number of hydrogen-bond donors (Lipinski definition) is 1. The minimum Gasteiger partial charge on any atom is -0.491 e. The van der Waals surface area contributed by atoms with Crippen molar-refractivity contribution >= 4 is 5.71 Å². The quantitative estimate of drug-likeness (QED) is 0.865. The van der Waals surface area contributed by atoms with Crippen molar-refractivity contribution in [3.63, 3.8) is 0 Å². The van der Waals surface area contributed by atoms with Gasteiger partial charge < -0.3 is 10.1 Å². The van der Waals surface area contributed by atoms with Crippen LogP contribution in [-0.2, 0) is 0 Å². The van der Waals surface area contributed by atoms with Gasteiger partial charge in [-0.25, -0.2) is 0 Å². The van der Waals surface area contributed by atoms with Crippen molar-refractivity contribution in [2.24, 2.45) is 4.99 Å². The molecule has 1 aromatic carbocycles. The third kappa shape index (κ3) is 3.63. The molecule has 1 atom stereocenters. The topological polar surface area (TPSA) is 33.6 Å². The Morgan fingerprint density at radius 2 is 2.06 bits per heavy atom. The van der Waals surface area contributed by atoms with Gasteiger partial charge in [-0.2, -0.15) is 0 Å². The molecule has 2 rings (SSSR count). The molecule has 0 amide bonds. The number of aliphatic imine (C=N–C) groups is 1. The van der Waals surface area contributed by atoms with E-state index in [1.165, 1.54) is 0 Å². The summed E-state index contributed by atoms with van der Waals surface area (Å²) in [5.41, 5.74) is 2.21. The maximum Gasteiger partial charge on any atom is 0.119 e. The van der Waals surface area contributed by atoms with Crippen LogP contribution in [-0.4, -0.2) is 24.9 Å². The first kappa shape index (κ1) is 11.7. The Labute approximate surface area is 102 Å². The van der Waals surface area contributed by atoms with E-state index in [1.54, 1.807) is 0 Å². The Balaban J connectivity index is 1.90. The second-order valence-corrected chi connectivity index (χ2v) is 4.27. The summed E-state index contributed by atoms with van der Waals surface area (Å²) >= 11 is 0. The predicted octanol–water partition coefficient (Wildman–Crippen LogP) is 2.40. The average molecular weight is 230 g/mol. The van der Waals surface area contributed by atoms with Gasteiger partial charge in [0.15, 0.2) is 0 Å². The molecule has 1 N–H and O–H groups in total. The Morgan fingerprint density at radius 3 is 2.82 bits per heavy atom. The van der Waals surface area contributed by atoms with Gasteiger partial charge in [-0.05, 0) is 32.1 Å². The van der Waals surface area contributed by atoms with Crippen LogP contribution in [0.5, 0.6) is 5.75 Å². The molecule has 0 aromatic heterocycles. The van der Waals surface area contributed by atoms with Gasteiger partial charge in [-0.3, -0.25) is 4.99 Å². The van der Waals surface area contributed by atoms with Crippen molar-refractivity contribution in [1.82, 2.24) is 5.32 Å². The second kappa shape index (κ2) is 5.53. The zero-order valence-electron chi connectivity index (χ0n) is 10.3. The molecule has 1 unspecified atom stereocenters. The van der Waals surface area contributed by atoms with Crippen LogP contribution in [0.1, 0.15) is 13.8 Å². The normalized spacial score (nSPS) is 19.8. The zero-order valence-corrected chi connectivity index (χ0v) is 10.3. The number of nitrogens with zero attached hydrogens (tertiary/aromatic N) is 1. The Morgan fingerprint density at radius 1 is 1.29 bits per heavy atom. The van der Waals surface area contributed by atoms with Gasteiger partial charge in [0.25, 0.3) is 0 Å². The summed E-state index contributed by atoms with van der Waals surface area (Å²) in [5.74, 6) is 0.904. The van der Waals surface area contributed by atoms with Crippen LogP contribution in [0.4, 0.5) is 0 Å². The number of ether oxygens (including phenoxy) is 1. The molecule has 0 fully saturated rings. The standard InChI is InChI=1S/C14H18N2O/c1-11-8-12(2)16-13(9-15-11)10-17-14-6-4-3-5-7-14/h3-8,13,16H,9-10H2,1-2H3. The molecule has 3 nitrogen and oxygen atoms in total. The van der Waals surface area contributed by atoms with Gasteiger partial charge >= 0.3 is 0 Å². The summed E-state index contributed by atoms with van der Waals surface area (Å²) in [6.45, 7) is 5.46. The highest BCUT2D eigenvalue weighted by atomic mass is 16.5. The minimum atomic E-state index is 0.240. The Hall–Kier alpha value is -1.77. The molecule has 0 radical (unpaired) electrons. The Kier molecular flexibility index (Phi) is 3.81. The number of hydrogen-bond acceptors (Lipinski definition) is 3. The van der Waals surface area contributed by atoms with E-state index in [2.05, 4.69) is 23.3 Å². The van der Waals surface area contributed by atoms with Crippen molar-refractivity contribution in [2.75, 3.05) is 13.2 Å². The average Bonchev–Trinajstić information content (AvgIpc) is 2.49. The van der Waals surface area contributed by atoms with Crippen LogP contribution in [0.2, 0.25) is 0 Å². The van der Waals surface area contributed by atoms with Crippen molar-refractivity contribution < 1.29 is 4.74 Å². The first-order valence-electron chi connectivity index (χ1n) is 5.88. The first-order chi connectivity index (χ1) is 8.24. The van der Waals surface area contributed by atoms with Gasteiger partial charge in [-0.15, -0.1) is 0 Å². The van der Waals surface area contributed by atoms with E-state index < -0.39 is 0 Å². The maximum atomic E-state index is 5.73. The van der Waals surface area contributed by atoms with E-state index in [1.807, 2.05) is 37.3 Å². The van der Waals surface area contributed by atoms with Crippen LogP contribution in [0.3, 0.4) is 0 Å². The summed E-state index contributed by atoms with van der Waals surface area (Å²) in [6.07, 6.45) is 2.06. The summed E-state index contributed by atoms with van der Waals surface area (Å²) in [5, 5.41) is 3.40. The van der Waals surface area contributed by atoms with Gasteiger partial charge in [0.1, 0.15) is 12.4 Å². The lowest BCUT2D eigenvalue weighted by atomic mass is 10.3. The third-order valence-corrected chi connectivity index (χ3v) is 2.61. The highest BCUT2D eigenvalue weighted by Gasteiger charge is 2.11. The second-order valence-electron chi connectivity index (χ2n) is 4.27. The molecule has 1 aromatic rings. The van der Waals surface area contributed by atoms with E-state index in [0.717, 1.165) is 23.7 Å². The van der Waals surface area contributed by atoms with Gasteiger partial charge in [0, 0.05) is 11.4 Å². The lowest BCUT2D eigenvalue weighted by Crippen LogP contribution is -2.35. The molecule has 0 bridgehead atoms. The van der Waals surface area contributed by atoms with E-state index in [0.29, 0.717) is 6.61 Å². The van der Waals surface area contributed by atoms with Crippen LogP contribution in [0, 0.1) is 0 Å². The van der Waals surface area contributed by atoms with Crippen LogP contribution in [0.15, 0.2) is 47.1 Å².